The molecule has 0 fully saturated rings. The summed E-state index contributed by atoms with van der Waals surface area (Å²) >= 11 is 1.30. The van der Waals surface area contributed by atoms with E-state index in [0.717, 1.165) is 5.69 Å². The molecule has 3 rings (SSSR count). The number of amides is 2. The standard InChI is InChI=1S/C19H19N3O4S/c1-2-25-15-7-4-3-6-14(15)21-17(23)10-9-13-12-27-19(20-13)22-18(24)16-8-5-11-26-16/h3-8,11-12H,2,9-10H2,1H3,(H,21,23)(H,20,22,24). The average Bonchev–Trinajstić information content (AvgIpc) is 3.34. The number of benzene rings is 1. The molecule has 0 saturated heterocycles. The molecule has 8 heteroatoms. The van der Waals surface area contributed by atoms with Gasteiger partial charge in [-0.25, -0.2) is 4.98 Å². The first-order valence-electron chi connectivity index (χ1n) is 8.46. The highest BCUT2D eigenvalue weighted by molar-refractivity contribution is 7.13. The molecule has 1 aromatic carbocycles. The second-order valence-corrected chi connectivity index (χ2v) is 6.41. The second-order valence-electron chi connectivity index (χ2n) is 5.55. The molecule has 0 aliphatic rings. The van der Waals surface area contributed by atoms with Crippen molar-refractivity contribution in [2.45, 2.75) is 19.8 Å². The number of anilines is 2. The topological polar surface area (TPSA) is 93.5 Å². The van der Waals surface area contributed by atoms with Crippen molar-refractivity contribution in [3.63, 3.8) is 0 Å². The highest BCUT2D eigenvalue weighted by atomic mass is 32.1. The third-order valence-electron chi connectivity index (χ3n) is 3.59. The summed E-state index contributed by atoms with van der Waals surface area (Å²) in [6.45, 7) is 2.42. The summed E-state index contributed by atoms with van der Waals surface area (Å²) < 4.78 is 10.5. The number of carbonyl (C=O) groups is 2. The molecule has 0 bridgehead atoms. The Morgan fingerprint density at radius 2 is 2.04 bits per heavy atom. The van der Waals surface area contributed by atoms with Gasteiger partial charge in [0.15, 0.2) is 10.9 Å². The van der Waals surface area contributed by atoms with Crippen LogP contribution in [0.5, 0.6) is 5.75 Å². The van der Waals surface area contributed by atoms with Crippen LogP contribution in [0.15, 0.2) is 52.5 Å². The van der Waals surface area contributed by atoms with Crippen molar-refractivity contribution in [1.29, 1.82) is 0 Å². The third-order valence-corrected chi connectivity index (χ3v) is 4.39. The van der Waals surface area contributed by atoms with Gasteiger partial charge in [0, 0.05) is 11.8 Å². The number of aryl methyl sites for hydroxylation is 1. The molecule has 2 heterocycles. The zero-order chi connectivity index (χ0) is 19.1. The van der Waals surface area contributed by atoms with Crippen LogP contribution in [0.25, 0.3) is 0 Å². The maximum Gasteiger partial charge on any atom is 0.293 e. The quantitative estimate of drug-likeness (QED) is 0.612. The molecule has 0 atom stereocenters. The van der Waals surface area contributed by atoms with E-state index < -0.39 is 0 Å². The minimum atomic E-state index is -0.355. The molecule has 2 amide bonds. The van der Waals surface area contributed by atoms with E-state index in [0.29, 0.717) is 29.6 Å². The van der Waals surface area contributed by atoms with Crippen LogP contribution in [0.1, 0.15) is 29.6 Å². The summed E-state index contributed by atoms with van der Waals surface area (Å²) in [5, 5.41) is 7.81. The van der Waals surface area contributed by atoms with Crippen molar-refractivity contribution >= 4 is 34.0 Å². The molecule has 0 unspecified atom stereocenters. The Hall–Kier alpha value is -3.13. The summed E-state index contributed by atoms with van der Waals surface area (Å²) in [6, 6.07) is 10.5. The monoisotopic (exact) mass is 385 g/mol. The van der Waals surface area contributed by atoms with Crippen molar-refractivity contribution in [2.75, 3.05) is 17.2 Å². The maximum atomic E-state index is 12.2. The molecule has 140 valence electrons. The number of hydrogen-bond acceptors (Lipinski definition) is 6. The van der Waals surface area contributed by atoms with Gasteiger partial charge in [0.2, 0.25) is 5.91 Å². The average molecular weight is 385 g/mol. The molecule has 0 saturated carbocycles. The van der Waals surface area contributed by atoms with E-state index in [9.17, 15) is 9.59 Å². The molecule has 0 aliphatic heterocycles. The number of aromatic nitrogens is 1. The summed E-state index contributed by atoms with van der Waals surface area (Å²) in [5.41, 5.74) is 1.39. The van der Waals surface area contributed by atoms with Crippen LogP contribution >= 0.6 is 11.3 Å². The highest BCUT2D eigenvalue weighted by Crippen LogP contribution is 2.24. The lowest BCUT2D eigenvalue weighted by atomic mass is 10.2. The van der Waals surface area contributed by atoms with Crippen LogP contribution in [-0.2, 0) is 11.2 Å². The molecule has 3 aromatic rings. The molecule has 2 N–H and O–H groups in total. The minimum absolute atomic E-state index is 0.128. The van der Waals surface area contributed by atoms with Gasteiger partial charge < -0.3 is 14.5 Å². The van der Waals surface area contributed by atoms with Gasteiger partial charge in [-0.3, -0.25) is 14.9 Å². The number of para-hydroxylation sites is 2. The Balaban J connectivity index is 1.51. The number of nitrogens with zero attached hydrogens (tertiary/aromatic N) is 1. The van der Waals surface area contributed by atoms with Crippen LogP contribution in [0, 0.1) is 0 Å². The Labute approximate surface area is 160 Å². The molecule has 0 spiro atoms. The zero-order valence-electron chi connectivity index (χ0n) is 14.7. The van der Waals surface area contributed by atoms with Crippen LogP contribution in [0.3, 0.4) is 0 Å². The second kappa shape index (κ2) is 9.00. The summed E-state index contributed by atoms with van der Waals surface area (Å²) in [7, 11) is 0. The van der Waals surface area contributed by atoms with E-state index in [4.69, 9.17) is 9.15 Å². The Kier molecular flexibility index (Phi) is 6.22. The van der Waals surface area contributed by atoms with Crippen molar-refractivity contribution in [3.8, 4) is 5.75 Å². The third kappa shape index (κ3) is 5.18. The van der Waals surface area contributed by atoms with E-state index in [1.165, 1.54) is 17.6 Å². The lowest BCUT2D eigenvalue weighted by molar-refractivity contribution is -0.116. The first-order chi connectivity index (χ1) is 13.2. The molecular formula is C19H19N3O4S. The zero-order valence-corrected chi connectivity index (χ0v) is 15.5. The normalized spacial score (nSPS) is 10.4. The molecule has 2 aromatic heterocycles. The Morgan fingerprint density at radius 3 is 2.81 bits per heavy atom. The molecular weight excluding hydrogens is 366 g/mol. The molecule has 7 nitrogen and oxygen atoms in total. The van der Waals surface area contributed by atoms with E-state index in [-0.39, 0.29) is 24.0 Å². The van der Waals surface area contributed by atoms with Crippen molar-refractivity contribution < 1.29 is 18.7 Å². The number of nitrogens with one attached hydrogen (secondary N) is 2. The Bertz CT molecular complexity index is 905. The number of thiazole rings is 1. The number of rotatable bonds is 8. The fraction of sp³-hybridized carbons (Fsp3) is 0.211. The predicted octanol–water partition coefficient (Wildman–Crippen LogP) is 3.96. The molecule has 0 aliphatic carbocycles. The van der Waals surface area contributed by atoms with E-state index in [2.05, 4.69) is 15.6 Å². The van der Waals surface area contributed by atoms with Crippen LogP contribution in [-0.4, -0.2) is 23.4 Å². The van der Waals surface area contributed by atoms with Gasteiger partial charge in [-0.05, 0) is 37.6 Å². The van der Waals surface area contributed by atoms with Crippen molar-refractivity contribution in [2.24, 2.45) is 0 Å². The van der Waals surface area contributed by atoms with Crippen molar-refractivity contribution in [1.82, 2.24) is 4.98 Å². The Morgan fingerprint density at radius 1 is 1.19 bits per heavy atom. The number of furan rings is 1. The smallest absolute Gasteiger partial charge is 0.293 e. The molecule has 27 heavy (non-hydrogen) atoms. The summed E-state index contributed by atoms with van der Waals surface area (Å²) in [5.74, 6) is 0.381. The van der Waals surface area contributed by atoms with Gasteiger partial charge >= 0.3 is 0 Å². The lowest BCUT2D eigenvalue weighted by Gasteiger charge is -2.10. The summed E-state index contributed by atoms with van der Waals surface area (Å²) in [6.07, 6.45) is 2.18. The lowest BCUT2D eigenvalue weighted by Crippen LogP contribution is -2.13. The van der Waals surface area contributed by atoms with Gasteiger partial charge in [0.25, 0.3) is 5.91 Å². The van der Waals surface area contributed by atoms with Crippen molar-refractivity contribution in [3.05, 3.63) is 59.5 Å². The van der Waals surface area contributed by atoms with Gasteiger partial charge in [-0.1, -0.05) is 12.1 Å². The number of ether oxygens (including phenoxy) is 1. The van der Waals surface area contributed by atoms with E-state index >= 15 is 0 Å². The van der Waals surface area contributed by atoms with Crippen LogP contribution < -0.4 is 15.4 Å². The maximum absolute atomic E-state index is 12.2. The largest absolute Gasteiger partial charge is 0.492 e. The van der Waals surface area contributed by atoms with E-state index in [1.54, 1.807) is 18.2 Å². The first-order valence-corrected chi connectivity index (χ1v) is 9.34. The summed E-state index contributed by atoms with van der Waals surface area (Å²) in [4.78, 5) is 28.5. The van der Waals surface area contributed by atoms with Gasteiger partial charge in [0.1, 0.15) is 5.75 Å². The minimum Gasteiger partial charge on any atom is -0.492 e. The SMILES string of the molecule is CCOc1ccccc1NC(=O)CCc1csc(NC(=O)c2ccco2)n1. The number of carbonyl (C=O) groups excluding carboxylic acids is 2. The fourth-order valence-electron chi connectivity index (χ4n) is 2.35. The van der Waals surface area contributed by atoms with Gasteiger partial charge in [0.05, 0.1) is 24.3 Å². The predicted molar refractivity (Wildman–Crippen MR) is 103 cm³/mol. The van der Waals surface area contributed by atoms with Crippen LogP contribution in [0.2, 0.25) is 0 Å². The highest BCUT2D eigenvalue weighted by Gasteiger charge is 2.12. The van der Waals surface area contributed by atoms with Gasteiger partial charge in [-0.15, -0.1) is 11.3 Å². The first kappa shape index (κ1) is 18.7. The molecule has 0 radical (unpaired) electrons. The van der Waals surface area contributed by atoms with Crippen LogP contribution in [0.4, 0.5) is 10.8 Å². The number of hydrogen-bond donors (Lipinski definition) is 2. The van der Waals surface area contributed by atoms with Gasteiger partial charge in [-0.2, -0.15) is 0 Å². The fourth-order valence-corrected chi connectivity index (χ4v) is 3.09. The van der Waals surface area contributed by atoms with E-state index in [1.807, 2.05) is 30.5 Å².